The fraction of sp³-hybridized carbons (Fsp3) is 0.467. The molecule has 7 heteroatoms. The SMILES string of the molecule is CCCOc1ccc(CNn2c(CCC)n[nH]c2=S)cc1Br. The molecule has 0 aliphatic carbocycles. The molecule has 0 aliphatic heterocycles. The predicted molar refractivity (Wildman–Crippen MR) is 94.4 cm³/mol. The van der Waals surface area contributed by atoms with Crippen molar-refractivity contribution in [2.24, 2.45) is 0 Å². The number of aromatic amines is 1. The Balaban J connectivity index is 2.04. The molecule has 2 N–H and O–H groups in total. The summed E-state index contributed by atoms with van der Waals surface area (Å²) >= 11 is 8.80. The lowest BCUT2D eigenvalue weighted by atomic mass is 10.2. The van der Waals surface area contributed by atoms with Crippen LogP contribution in [0.5, 0.6) is 5.75 Å². The highest BCUT2D eigenvalue weighted by Gasteiger charge is 2.06. The number of nitrogens with zero attached hydrogens (tertiary/aromatic N) is 2. The molecule has 0 unspecified atom stereocenters. The molecule has 0 atom stereocenters. The normalized spacial score (nSPS) is 10.7. The zero-order valence-electron chi connectivity index (χ0n) is 12.9. The minimum absolute atomic E-state index is 0.588. The maximum absolute atomic E-state index is 5.66. The van der Waals surface area contributed by atoms with Crippen molar-refractivity contribution in [3.8, 4) is 5.75 Å². The molecule has 120 valence electrons. The molecule has 0 fully saturated rings. The third-order valence-corrected chi connectivity index (χ3v) is 4.01. The van der Waals surface area contributed by atoms with Crippen LogP contribution >= 0.6 is 28.1 Å². The summed E-state index contributed by atoms with van der Waals surface area (Å²) in [4.78, 5) is 0. The summed E-state index contributed by atoms with van der Waals surface area (Å²) in [7, 11) is 0. The van der Waals surface area contributed by atoms with Gasteiger partial charge >= 0.3 is 0 Å². The van der Waals surface area contributed by atoms with E-state index in [2.05, 4.69) is 51.5 Å². The fourth-order valence-corrected chi connectivity index (χ4v) is 2.79. The van der Waals surface area contributed by atoms with Crippen molar-refractivity contribution in [2.75, 3.05) is 12.0 Å². The molecule has 0 saturated carbocycles. The molecule has 2 rings (SSSR count). The average Bonchev–Trinajstić information content (AvgIpc) is 2.85. The third-order valence-electron chi connectivity index (χ3n) is 3.11. The third kappa shape index (κ3) is 4.33. The summed E-state index contributed by atoms with van der Waals surface area (Å²) in [5.41, 5.74) is 4.45. The van der Waals surface area contributed by atoms with Gasteiger partial charge in [0, 0.05) is 6.42 Å². The average molecular weight is 385 g/mol. The van der Waals surface area contributed by atoms with E-state index in [0.29, 0.717) is 11.3 Å². The smallest absolute Gasteiger partial charge is 0.214 e. The highest BCUT2D eigenvalue weighted by Crippen LogP contribution is 2.26. The Bertz CT molecular complexity index is 668. The van der Waals surface area contributed by atoms with Gasteiger partial charge in [-0.2, -0.15) is 5.10 Å². The molecule has 1 heterocycles. The number of H-pyrrole nitrogens is 1. The van der Waals surface area contributed by atoms with Crippen LogP contribution in [0.1, 0.15) is 38.1 Å². The van der Waals surface area contributed by atoms with Gasteiger partial charge in [0.25, 0.3) is 0 Å². The van der Waals surface area contributed by atoms with E-state index in [-0.39, 0.29) is 0 Å². The Kier molecular flexibility index (Phi) is 6.45. The van der Waals surface area contributed by atoms with Crippen molar-refractivity contribution in [3.63, 3.8) is 0 Å². The highest BCUT2D eigenvalue weighted by atomic mass is 79.9. The van der Waals surface area contributed by atoms with E-state index in [0.717, 1.165) is 47.5 Å². The van der Waals surface area contributed by atoms with E-state index in [4.69, 9.17) is 17.0 Å². The Morgan fingerprint density at radius 1 is 1.36 bits per heavy atom. The number of benzene rings is 1. The summed E-state index contributed by atoms with van der Waals surface area (Å²) in [6.07, 6.45) is 2.90. The molecule has 0 radical (unpaired) electrons. The van der Waals surface area contributed by atoms with Gasteiger partial charge in [0.15, 0.2) is 5.82 Å². The monoisotopic (exact) mass is 384 g/mol. The number of aromatic nitrogens is 3. The molecule has 22 heavy (non-hydrogen) atoms. The van der Waals surface area contributed by atoms with Crippen LogP contribution in [-0.2, 0) is 13.0 Å². The van der Waals surface area contributed by atoms with Crippen LogP contribution in [0.3, 0.4) is 0 Å². The summed E-state index contributed by atoms with van der Waals surface area (Å²) in [5, 5.41) is 7.06. The van der Waals surface area contributed by atoms with Crippen LogP contribution in [0.2, 0.25) is 0 Å². The van der Waals surface area contributed by atoms with Gasteiger partial charge in [0.05, 0.1) is 17.6 Å². The second kappa shape index (κ2) is 8.33. The van der Waals surface area contributed by atoms with E-state index < -0.39 is 0 Å². The lowest BCUT2D eigenvalue weighted by molar-refractivity contribution is 0.315. The number of aryl methyl sites for hydroxylation is 1. The lowest BCUT2D eigenvalue weighted by Gasteiger charge is -2.12. The number of ether oxygens (including phenoxy) is 1. The van der Waals surface area contributed by atoms with Crippen LogP contribution in [0.25, 0.3) is 0 Å². The first-order valence-electron chi connectivity index (χ1n) is 7.47. The number of rotatable bonds is 8. The van der Waals surface area contributed by atoms with Gasteiger partial charge in [-0.1, -0.05) is 19.9 Å². The molecular formula is C15H21BrN4OS. The Morgan fingerprint density at radius 2 is 2.18 bits per heavy atom. The van der Waals surface area contributed by atoms with E-state index in [1.54, 1.807) is 0 Å². The molecule has 1 aromatic heterocycles. The zero-order valence-corrected chi connectivity index (χ0v) is 15.3. The number of nitrogens with one attached hydrogen (secondary N) is 2. The molecule has 0 amide bonds. The largest absolute Gasteiger partial charge is 0.492 e. The number of hydrogen-bond donors (Lipinski definition) is 2. The maximum Gasteiger partial charge on any atom is 0.214 e. The van der Waals surface area contributed by atoms with Gasteiger partial charge in [-0.15, -0.1) is 0 Å². The Hall–Kier alpha value is -1.34. The molecule has 0 bridgehead atoms. The molecular weight excluding hydrogens is 364 g/mol. The highest BCUT2D eigenvalue weighted by molar-refractivity contribution is 9.10. The molecule has 5 nitrogen and oxygen atoms in total. The second-order valence-electron chi connectivity index (χ2n) is 4.98. The topological polar surface area (TPSA) is 54.9 Å². The van der Waals surface area contributed by atoms with Gasteiger partial charge in [-0.25, -0.2) is 4.68 Å². The van der Waals surface area contributed by atoms with Crippen LogP contribution in [-0.4, -0.2) is 21.5 Å². The first kappa shape index (κ1) is 17.0. The zero-order chi connectivity index (χ0) is 15.9. The van der Waals surface area contributed by atoms with E-state index in [1.807, 2.05) is 16.8 Å². The van der Waals surface area contributed by atoms with Gasteiger partial charge in [-0.05, 0) is 58.7 Å². The van der Waals surface area contributed by atoms with Crippen LogP contribution in [0.15, 0.2) is 22.7 Å². The van der Waals surface area contributed by atoms with E-state index in [1.165, 1.54) is 0 Å². The van der Waals surface area contributed by atoms with Crippen molar-refractivity contribution >= 4 is 28.1 Å². The standard InChI is InChI=1S/C15H21BrN4OS/c1-3-5-14-18-19-15(22)20(14)17-10-11-6-7-13(12(16)9-11)21-8-4-2/h6-7,9,17H,3-5,8,10H2,1-2H3,(H,19,22). The molecule has 1 aromatic carbocycles. The van der Waals surface area contributed by atoms with Crippen molar-refractivity contribution < 1.29 is 4.74 Å². The van der Waals surface area contributed by atoms with Crippen LogP contribution < -0.4 is 10.2 Å². The van der Waals surface area contributed by atoms with Gasteiger partial charge in [0.1, 0.15) is 5.75 Å². The first-order chi connectivity index (χ1) is 10.7. The molecule has 0 spiro atoms. The Morgan fingerprint density at radius 3 is 2.86 bits per heavy atom. The summed E-state index contributed by atoms with van der Waals surface area (Å²) < 4.78 is 9.05. The summed E-state index contributed by atoms with van der Waals surface area (Å²) in [6.45, 7) is 5.60. The van der Waals surface area contributed by atoms with Crippen molar-refractivity contribution in [2.45, 2.75) is 39.7 Å². The summed E-state index contributed by atoms with van der Waals surface area (Å²) in [5.74, 6) is 1.80. The Labute approximate surface area is 144 Å². The van der Waals surface area contributed by atoms with Gasteiger partial charge in [0.2, 0.25) is 4.77 Å². The number of hydrogen-bond acceptors (Lipinski definition) is 4. The number of halogens is 1. The maximum atomic E-state index is 5.66. The minimum atomic E-state index is 0.588. The van der Waals surface area contributed by atoms with Crippen molar-refractivity contribution in [3.05, 3.63) is 38.8 Å². The summed E-state index contributed by atoms with van der Waals surface area (Å²) in [6, 6.07) is 6.09. The van der Waals surface area contributed by atoms with E-state index >= 15 is 0 Å². The second-order valence-corrected chi connectivity index (χ2v) is 6.22. The van der Waals surface area contributed by atoms with Crippen LogP contribution in [0, 0.1) is 4.77 Å². The van der Waals surface area contributed by atoms with Crippen molar-refractivity contribution in [1.82, 2.24) is 14.9 Å². The van der Waals surface area contributed by atoms with E-state index in [9.17, 15) is 0 Å². The molecule has 2 aromatic rings. The fourth-order valence-electron chi connectivity index (χ4n) is 2.04. The quantitative estimate of drug-likeness (QED) is 0.669. The predicted octanol–water partition coefficient (Wildman–Crippen LogP) is 4.19. The van der Waals surface area contributed by atoms with Crippen LogP contribution in [0.4, 0.5) is 0 Å². The van der Waals surface area contributed by atoms with Gasteiger partial charge < -0.3 is 10.2 Å². The van der Waals surface area contributed by atoms with Gasteiger partial charge in [-0.3, -0.25) is 5.10 Å². The lowest BCUT2D eigenvalue weighted by Crippen LogP contribution is -2.17. The first-order valence-corrected chi connectivity index (χ1v) is 8.67. The molecule has 0 aliphatic rings. The van der Waals surface area contributed by atoms with Crippen molar-refractivity contribution in [1.29, 1.82) is 0 Å². The molecule has 0 saturated heterocycles. The minimum Gasteiger partial charge on any atom is -0.492 e.